The Hall–Kier alpha value is -1.84. The van der Waals surface area contributed by atoms with Gasteiger partial charge in [-0.05, 0) is 24.3 Å². The molecule has 2 heterocycles. The third-order valence-electron chi connectivity index (χ3n) is 3.86. The lowest BCUT2D eigenvalue weighted by Crippen LogP contribution is -2.68. The summed E-state index contributed by atoms with van der Waals surface area (Å²) in [6.45, 7) is 0.0644. The van der Waals surface area contributed by atoms with Crippen LogP contribution in [0.15, 0.2) is 40.4 Å². The number of hydrogen-bond acceptors (Lipinski definition) is 6. The van der Waals surface area contributed by atoms with Crippen molar-refractivity contribution in [2.24, 2.45) is 5.73 Å². The van der Waals surface area contributed by atoms with Gasteiger partial charge in [-0.3, -0.25) is 13.9 Å². The first-order valence-corrected chi connectivity index (χ1v) is 9.72. The van der Waals surface area contributed by atoms with Crippen LogP contribution < -0.4 is 10.5 Å². The molecule has 0 aliphatic carbocycles. The number of carboxylic acids is 1. The zero-order chi connectivity index (χ0) is 17.4. The number of hydrogen-bond donors (Lipinski definition) is 2. The first kappa shape index (κ1) is 17.0. The molecule has 7 nitrogen and oxygen atoms in total. The quantitative estimate of drug-likeness (QED) is 0.723. The van der Waals surface area contributed by atoms with Gasteiger partial charge in [-0.1, -0.05) is 0 Å². The van der Waals surface area contributed by atoms with Crippen molar-refractivity contribution in [3.05, 3.63) is 35.5 Å². The van der Waals surface area contributed by atoms with Crippen molar-refractivity contribution in [2.75, 3.05) is 18.6 Å². The molecule has 128 valence electrons. The van der Waals surface area contributed by atoms with E-state index in [-0.39, 0.29) is 23.6 Å². The first-order chi connectivity index (χ1) is 11.4. The van der Waals surface area contributed by atoms with Crippen LogP contribution in [0.2, 0.25) is 0 Å². The number of carbonyl (C=O) groups is 2. The highest BCUT2D eigenvalue weighted by atomic mass is 32.2. The second-order valence-corrected chi connectivity index (χ2v) is 7.89. The van der Waals surface area contributed by atoms with Gasteiger partial charge in [-0.15, -0.1) is 11.8 Å². The van der Waals surface area contributed by atoms with Gasteiger partial charge < -0.3 is 15.6 Å². The van der Waals surface area contributed by atoms with E-state index in [2.05, 4.69) is 0 Å². The molecule has 0 spiro atoms. The molecule has 1 aromatic rings. The average molecular weight is 368 g/mol. The molecule has 0 aromatic heterocycles. The molecular formula is C15H16N2O5S2. The van der Waals surface area contributed by atoms with E-state index >= 15 is 0 Å². The van der Waals surface area contributed by atoms with Gasteiger partial charge in [-0.2, -0.15) is 0 Å². The largest absolute Gasteiger partial charge is 0.489 e. The summed E-state index contributed by atoms with van der Waals surface area (Å²) >= 11 is 1.43. The van der Waals surface area contributed by atoms with Crippen molar-refractivity contribution in [1.82, 2.24) is 4.90 Å². The van der Waals surface area contributed by atoms with Crippen LogP contribution in [-0.2, 0) is 20.4 Å². The molecule has 0 saturated carbocycles. The topological polar surface area (TPSA) is 110 Å². The number of benzene rings is 1. The summed E-state index contributed by atoms with van der Waals surface area (Å²) in [5.41, 5.74) is 6.21. The summed E-state index contributed by atoms with van der Waals surface area (Å²) in [5.74, 6) is -0.547. The van der Waals surface area contributed by atoms with Crippen LogP contribution in [0, 0.1) is 0 Å². The zero-order valence-corrected chi connectivity index (χ0v) is 14.4. The molecule has 24 heavy (non-hydrogen) atoms. The average Bonchev–Trinajstić information content (AvgIpc) is 2.58. The fourth-order valence-electron chi connectivity index (χ4n) is 2.59. The lowest BCUT2D eigenvalue weighted by Gasteiger charge is -2.47. The number of nitrogens with zero attached hydrogens (tertiary/aromatic N) is 1. The molecule has 3 N–H and O–H groups in total. The molecular weight excluding hydrogens is 352 g/mol. The Morgan fingerprint density at radius 1 is 1.46 bits per heavy atom. The van der Waals surface area contributed by atoms with Crippen LogP contribution in [0.5, 0.6) is 5.75 Å². The van der Waals surface area contributed by atoms with Crippen molar-refractivity contribution < 1.29 is 23.6 Å². The summed E-state index contributed by atoms with van der Waals surface area (Å²) in [6.07, 6.45) is 1.59. The Morgan fingerprint density at radius 3 is 2.71 bits per heavy atom. The van der Waals surface area contributed by atoms with Gasteiger partial charge in [0.25, 0.3) is 0 Å². The predicted molar refractivity (Wildman–Crippen MR) is 90.0 cm³/mol. The number of nitrogens with two attached hydrogens (primary N) is 1. The molecule has 1 aromatic carbocycles. The number of thioether (sulfide) groups is 1. The number of amides is 1. The number of carboxylic acid groups (broad SMARTS) is 1. The van der Waals surface area contributed by atoms with Gasteiger partial charge in [-0.25, -0.2) is 4.79 Å². The highest BCUT2D eigenvalue weighted by Gasteiger charge is 2.51. The number of aliphatic carboxylic acids is 1. The maximum Gasteiger partial charge on any atom is 0.352 e. The third-order valence-corrected chi connectivity index (χ3v) is 6.16. The van der Waals surface area contributed by atoms with Crippen LogP contribution >= 0.6 is 11.8 Å². The molecule has 2 aliphatic rings. The molecule has 1 saturated heterocycles. The molecule has 9 heteroatoms. The van der Waals surface area contributed by atoms with Crippen LogP contribution in [-0.4, -0.2) is 56.1 Å². The zero-order valence-electron chi connectivity index (χ0n) is 12.8. The van der Waals surface area contributed by atoms with Crippen molar-refractivity contribution >= 4 is 34.4 Å². The van der Waals surface area contributed by atoms with Crippen molar-refractivity contribution in [3.8, 4) is 5.75 Å². The molecule has 2 aliphatic heterocycles. The summed E-state index contributed by atoms with van der Waals surface area (Å²) in [5, 5.41) is 9.12. The maximum absolute atomic E-state index is 11.9. The minimum Gasteiger partial charge on any atom is -0.489 e. The van der Waals surface area contributed by atoms with E-state index in [0.29, 0.717) is 22.0 Å². The van der Waals surface area contributed by atoms with Crippen molar-refractivity contribution in [1.29, 1.82) is 0 Å². The normalized spacial score (nSPS) is 24.2. The third kappa shape index (κ3) is 2.94. The number of fused-ring (bicyclic) bond motifs is 1. The number of rotatable bonds is 5. The van der Waals surface area contributed by atoms with Crippen LogP contribution in [0.4, 0.5) is 0 Å². The van der Waals surface area contributed by atoms with E-state index in [0.717, 1.165) is 0 Å². The van der Waals surface area contributed by atoms with Crippen LogP contribution in [0.1, 0.15) is 0 Å². The fraction of sp³-hybridized carbons (Fsp3) is 0.333. The SMILES string of the molecule is CS(=O)c1ccc(OCC2=C(C(=O)O)N3C(=O)C(N)[C@@H]3SC2)cc1. The smallest absolute Gasteiger partial charge is 0.352 e. The van der Waals surface area contributed by atoms with Gasteiger partial charge in [0.15, 0.2) is 0 Å². The van der Waals surface area contributed by atoms with Gasteiger partial charge in [0.2, 0.25) is 5.91 Å². The Bertz CT molecular complexity index is 747. The standard InChI is InChI=1S/C15H16N2O5S2/c1-24(21)10-4-2-9(3-5-10)22-6-8-7-23-14-11(16)13(18)17(14)12(8)15(19)20/h2-5,11,14H,6-7,16H2,1H3,(H,19,20)/t11?,14-,24?/m0/s1. The molecule has 2 unspecified atom stereocenters. The lowest BCUT2D eigenvalue weighted by atomic mass is 10.0. The minimum atomic E-state index is -1.16. The lowest BCUT2D eigenvalue weighted by molar-refractivity contribution is -0.148. The van der Waals surface area contributed by atoms with E-state index in [4.69, 9.17) is 10.5 Å². The van der Waals surface area contributed by atoms with E-state index in [1.165, 1.54) is 16.7 Å². The van der Waals surface area contributed by atoms with E-state index in [1.807, 2.05) is 0 Å². The minimum absolute atomic E-state index is 0.0308. The molecule has 0 radical (unpaired) electrons. The van der Waals surface area contributed by atoms with Crippen LogP contribution in [0.25, 0.3) is 0 Å². The summed E-state index contributed by atoms with van der Waals surface area (Å²) < 4.78 is 17.0. The Balaban J connectivity index is 1.76. The number of β-lactam (4-membered cyclic amide) rings is 1. The fourth-order valence-corrected chi connectivity index (χ4v) is 4.38. The Morgan fingerprint density at radius 2 is 2.12 bits per heavy atom. The van der Waals surface area contributed by atoms with Crippen molar-refractivity contribution in [2.45, 2.75) is 16.3 Å². The van der Waals surface area contributed by atoms with Gasteiger partial charge >= 0.3 is 5.97 Å². The molecule has 3 atom stereocenters. The summed E-state index contributed by atoms with van der Waals surface area (Å²) in [4.78, 5) is 25.3. The monoisotopic (exact) mass is 368 g/mol. The van der Waals surface area contributed by atoms with Crippen LogP contribution in [0.3, 0.4) is 0 Å². The van der Waals surface area contributed by atoms with Crippen molar-refractivity contribution in [3.63, 3.8) is 0 Å². The first-order valence-electron chi connectivity index (χ1n) is 7.12. The summed E-state index contributed by atoms with van der Waals surface area (Å²) in [7, 11) is -1.07. The summed E-state index contributed by atoms with van der Waals surface area (Å²) in [6, 6.07) is 6.11. The van der Waals surface area contributed by atoms with Gasteiger partial charge in [0.05, 0.1) is 0 Å². The molecule has 3 rings (SSSR count). The highest BCUT2D eigenvalue weighted by Crippen LogP contribution is 2.39. The highest BCUT2D eigenvalue weighted by molar-refractivity contribution is 8.00. The molecule has 0 bridgehead atoms. The second-order valence-electron chi connectivity index (χ2n) is 5.41. The van der Waals surface area contributed by atoms with E-state index in [9.17, 15) is 18.9 Å². The Kier molecular flexibility index (Phi) is 4.66. The van der Waals surface area contributed by atoms with Gasteiger partial charge in [0.1, 0.15) is 29.5 Å². The number of carbonyl (C=O) groups excluding carboxylic acids is 1. The second kappa shape index (κ2) is 6.58. The molecule has 1 fully saturated rings. The van der Waals surface area contributed by atoms with E-state index < -0.39 is 22.8 Å². The molecule has 1 amide bonds. The van der Waals surface area contributed by atoms with E-state index in [1.54, 1.807) is 30.5 Å². The van der Waals surface area contributed by atoms with Gasteiger partial charge in [0, 0.05) is 33.3 Å². The maximum atomic E-state index is 11.9. The Labute approximate surface area is 145 Å². The number of ether oxygens (including phenoxy) is 1. The predicted octanol–water partition coefficient (Wildman–Crippen LogP) is 0.384.